The van der Waals surface area contributed by atoms with E-state index in [0.29, 0.717) is 5.88 Å². The van der Waals surface area contributed by atoms with E-state index in [9.17, 15) is 4.79 Å². The zero-order valence-corrected chi connectivity index (χ0v) is 9.17. The minimum atomic E-state index is -0.207. The Balaban J connectivity index is 1.83. The summed E-state index contributed by atoms with van der Waals surface area (Å²) in [6.45, 7) is -0.0497. The summed E-state index contributed by atoms with van der Waals surface area (Å²) in [5, 5.41) is 2.72. The second-order valence-corrected chi connectivity index (χ2v) is 3.37. The van der Waals surface area contributed by atoms with Crippen LogP contribution < -0.4 is 10.1 Å². The third kappa shape index (κ3) is 3.61. The molecule has 0 spiro atoms. The number of carbonyl (C=O) groups excluding carboxylic acids is 1. The van der Waals surface area contributed by atoms with Gasteiger partial charge in [0.05, 0.1) is 0 Å². The van der Waals surface area contributed by atoms with Gasteiger partial charge in [0.15, 0.2) is 6.61 Å². The van der Waals surface area contributed by atoms with Gasteiger partial charge < -0.3 is 10.1 Å². The van der Waals surface area contributed by atoms with E-state index in [1.165, 1.54) is 0 Å². The lowest BCUT2D eigenvalue weighted by Crippen LogP contribution is -2.20. The summed E-state index contributed by atoms with van der Waals surface area (Å²) in [5.74, 6) is 0.234. The number of carbonyl (C=O) groups is 1. The van der Waals surface area contributed by atoms with Crippen LogP contribution >= 0.6 is 0 Å². The van der Waals surface area contributed by atoms with E-state index in [4.69, 9.17) is 4.74 Å². The van der Waals surface area contributed by atoms with Crippen molar-refractivity contribution in [2.45, 2.75) is 0 Å². The monoisotopic (exact) mass is 228 g/mol. The van der Waals surface area contributed by atoms with Crippen molar-refractivity contribution < 1.29 is 9.53 Å². The van der Waals surface area contributed by atoms with Gasteiger partial charge in [0.2, 0.25) is 5.88 Å². The Bertz CT molecular complexity index is 471. The fourth-order valence-electron chi connectivity index (χ4n) is 1.29. The van der Waals surface area contributed by atoms with Crippen LogP contribution in [0.1, 0.15) is 0 Å². The Morgan fingerprint density at radius 2 is 1.88 bits per heavy atom. The molecule has 86 valence electrons. The first kappa shape index (κ1) is 11.1. The summed E-state index contributed by atoms with van der Waals surface area (Å²) in [7, 11) is 0. The highest BCUT2D eigenvalue weighted by molar-refractivity contribution is 5.91. The van der Waals surface area contributed by atoms with Crippen molar-refractivity contribution in [3.05, 3.63) is 54.7 Å². The fraction of sp³-hybridized carbons (Fsp3) is 0.0769. The number of hydrogen-bond acceptors (Lipinski definition) is 3. The van der Waals surface area contributed by atoms with Gasteiger partial charge in [-0.15, -0.1) is 0 Å². The molecule has 0 atom stereocenters. The van der Waals surface area contributed by atoms with Crippen LogP contribution in [0.4, 0.5) is 5.69 Å². The molecule has 0 unspecified atom stereocenters. The molecule has 1 amide bonds. The summed E-state index contributed by atoms with van der Waals surface area (Å²) in [4.78, 5) is 15.5. The van der Waals surface area contributed by atoms with Gasteiger partial charge in [0.1, 0.15) is 0 Å². The molecule has 0 aliphatic carbocycles. The van der Waals surface area contributed by atoms with Crippen LogP contribution in [0, 0.1) is 0 Å². The maximum Gasteiger partial charge on any atom is 0.262 e. The number of para-hydroxylation sites is 1. The number of ether oxygens (including phenoxy) is 1. The summed E-state index contributed by atoms with van der Waals surface area (Å²) < 4.78 is 5.22. The molecule has 0 saturated heterocycles. The normalized spacial score (nSPS) is 9.65. The van der Waals surface area contributed by atoms with E-state index in [-0.39, 0.29) is 12.5 Å². The van der Waals surface area contributed by atoms with Gasteiger partial charge in [-0.05, 0) is 18.2 Å². The molecule has 4 nitrogen and oxygen atoms in total. The predicted octanol–water partition coefficient (Wildman–Crippen LogP) is 2.10. The standard InChI is InChI=1S/C13H12N2O2/c16-12(15-11-6-2-1-3-7-11)10-17-13-8-4-5-9-14-13/h1-9H,10H2,(H,15,16). The van der Waals surface area contributed by atoms with Gasteiger partial charge >= 0.3 is 0 Å². The molecular weight excluding hydrogens is 216 g/mol. The third-order valence-electron chi connectivity index (χ3n) is 2.05. The smallest absolute Gasteiger partial charge is 0.262 e. The number of aromatic nitrogens is 1. The van der Waals surface area contributed by atoms with Crippen molar-refractivity contribution >= 4 is 11.6 Å². The first-order valence-corrected chi connectivity index (χ1v) is 5.23. The van der Waals surface area contributed by atoms with Crippen LogP contribution in [-0.4, -0.2) is 17.5 Å². The fourth-order valence-corrected chi connectivity index (χ4v) is 1.29. The molecule has 17 heavy (non-hydrogen) atoms. The molecular formula is C13H12N2O2. The summed E-state index contributed by atoms with van der Waals surface area (Å²) in [6.07, 6.45) is 1.62. The summed E-state index contributed by atoms with van der Waals surface area (Å²) >= 11 is 0. The molecule has 2 aromatic rings. The van der Waals surface area contributed by atoms with Gasteiger partial charge in [0.25, 0.3) is 5.91 Å². The van der Waals surface area contributed by atoms with Gasteiger partial charge in [-0.3, -0.25) is 4.79 Å². The Morgan fingerprint density at radius 3 is 2.59 bits per heavy atom. The van der Waals surface area contributed by atoms with E-state index in [1.54, 1.807) is 24.4 Å². The first-order chi connectivity index (χ1) is 8.34. The number of nitrogens with one attached hydrogen (secondary N) is 1. The second-order valence-electron chi connectivity index (χ2n) is 3.37. The van der Waals surface area contributed by atoms with E-state index in [0.717, 1.165) is 5.69 Å². The highest BCUT2D eigenvalue weighted by Gasteiger charge is 2.03. The summed E-state index contributed by atoms with van der Waals surface area (Å²) in [5.41, 5.74) is 0.752. The lowest BCUT2D eigenvalue weighted by Gasteiger charge is -2.06. The quantitative estimate of drug-likeness (QED) is 0.871. The van der Waals surface area contributed by atoms with Crippen molar-refractivity contribution in [3.63, 3.8) is 0 Å². The molecule has 4 heteroatoms. The first-order valence-electron chi connectivity index (χ1n) is 5.23. The van der Waals surface area contributed by atoms with E-state index < -0.39 is 0 Å². The van der Waals surface area contributed by atoms with Crippen molar-refractivity contribution in [1.82, 2.24) is 4.98 Å². The van der Waals surface area contributed by atoms with Crippen molar-refractivity contribution in [3.8, 4) is 5.88 Å². The van der Waals surface area contributed by atoms with Crippen LogP contribution in [0.25, 0.3) is 0 Å². The molecule has 1 N–H and O–H groups in total. The Hall–Kier alpha value is -2.36. The molecule has 0 aliphatic heterocycles. The van der Waals surface area contributed by atoms with Gasteiger partial charge in [-0.2, -0.15) is 0 Å². The Morgan fingerprint density at radius 1 is 1.12 bits per heavy atom. The third-order valence-corrected chi connectivity index (χ3v) is 2.05. The maximum absolute atomic E-state index is 11.5. The van der Waals surface area contributed by atoms with Crippen molar-refractivity contribution in [2.75, 3.05) is 11.9 Å². The van der Waals surface area contributed by atoms with Gasteiger partial charge in [0, 0.05) is 18.0 Å². The predicted molar refractivity (Wildman–Crippen MR) is 64.8 cm³/mol. The second kappa shape index (κ2) is 5.65. The van der Waals surface area contributed by atoms with Crippen LogP contribution in [0.3, 0.4) is 0 Å². The highest BCUT2D eigenvalue weighted by Crippen LogP contribution is 2.06. The number of anilines is 1. The van der Waals surface area contributed by atoms with E-state index in [1.807, 2.05) is 30.3 Å². The molecule has 1 heterocycles. The molecule has 0 radical (unpaired) electrons. The zero-order valence-electron chi connectivity index (χ0n) is 9.17. The van der Waals surface area contributed by atoms with Crippen LogP contribution in [0.15, 0.2) is 54.7 Å². The minimum absolute atomic E-state index is 0.0497. The highest BCUT2D eigenvalue weighted by atomic mass is 16.5. The Labute approximate surface area is 99.3 Å². The van der Waals surface area contributed by atoms with E-state index in [2.05, 4.69) is 10.3 Å². The molecule has 2 rings (SSSR count). The largest absolute Gasteiger partial charge is 0.468 e. The number of amides is 1. The Kier molecular flexibility index (Phi) is 3.70. The summed E-state index contributed by atoms with van der Waals surface area (Å²) in [6, 6.07) is 14.5. The zero-order chi connectivity index (χ0) is 11.9. The maximum atomic E-state index is 11.5. The van der Waals surface area contributed by atoms with E-state index >= 15 is 0 Å². The number of nitrogens with zero attached hydrogens (tertiary/aromatic N) is 1. The molecule has 1 aromatic carbocycles. The average Bonchev–Trinajstić information content (AvgIpc) is 2.39. The van der Waals surface area contributed by atoms with Crippen LogP contribution in [0.5, 0.6) is 5.88 Å². The molecule has 0 aliphatic rings. The van der Waals surface area contributed by atoms with Crippen molar-refractivity contribution in [2.24, 2.45) is 0 Å². The van der Waals surface area contributed by atoms with Gasteiger partial charge in [-0.25, -0.2) is 4.98 Å². The van der Waals surface area contributed by atoms with Crippen LogP contribution in [-0.2, 0) is 4.79 Å². The number of rotatable bonds is 4. The van der Waals surface area contributed by atoms with Crippen LogP contribution in [0.2, 0.25) is 0 Å². The lowest BCUT2D eigenvalue weighted by atomic mass is 10.3. The molecule has 0 saturated carbocycles. The SMILES string of the molecule is O=C(COc1ccccn1)Nc1ccccc1. The molecule has 0 fully saturated rings. The topological polar surface area (TPSA) is 51.2 Å². The molecule has 0 bridgehead atoms. The van der Waals surface area contributed by atoms with Gasteiger partial charge in [-0.1, -0.05) is 24.3 Å². The lowest BCUT2D eigenvalue weighted by molar-refractivity contribution is -0.118. The molecule has 1 aromatic heterocycles. The average molecular weight is 228 g/mol. The number of pyridine rings is 1. The number of benzene rings is 1. The number of hydrogen-bond donors (Lipinski definition) is 1. The van der Waals surface area contributed by atoms with Crippen molar-refractivity contribution in [1.29, 1.82) is 0 Å². The minimum Gasteiger partial charge on any atom is -0.468 e.